The third-order valence-corrected chi connectivity index (χ3v) is 2.98. The number of rotatable bonds is 4. The predicted octanol–water partition coefficient (Wildman–Crippen LogP) is 2.89. The molecule has 1 heterocycles. The molecular formula is C13H16N2O. The topological polar surface area (TPSA) is 34.9 Å². The quantitative estimate of drug-likeness (QED) is 0.736. The number of para-hydroxylation sites is 2. The molecule has 0 aliphatic rings. The molecular weight excluding hydrogens is 200 g/mol. The number of carbonyl (C=O) groups is 1. The van der Waals surface area contributed by atoms with Gasteiger partial charge < -0.3 is 4.57 Å². The lowest BCUT2D eigenvalue weighted by atomic mass is 10.1. The fourth-order valence-electron chi connectivity index (χ4n) is 1.82. The third-order valence-electron chi connectivity index (χ3n) is 2.98. The summed E-state index contributed by atoms with van der Waals surface area (Å²) in [6.07, 6.45) is 1.94. The van der Waals surface area contributed by atoms with Crippen LogP contribution in [0.15, 0.2) is 24.3 Å². The first-order valence-corrected chi connectivity index (χ1v) is 5.66. The Kier molecular flexibility index (Phi) is 3.04. The van der Waals surface area contributed by atoms with Gasteiger partial charge in [0.05, 0.1) is 11.0 Å². The Bertz CT molecular complexity index is 502. The Morgan fingerprint density at radius 1 is 1.44 bits per heavy atom. The molecule has 0 bridgehead atoms. The van der Waals surface area contributed by atoms with Gasteiger partial charge in [-0.3, -0.25) is 4.79 Å². The minimum absolute atomic E-state index is 0.529. The van der Waals surface area contributed by atoms with Crippen LogP contribution in [0.3, 0.4) is 0 Å². The van der Waals surface area contributed by atoms with E-state index in [-0.39, 0.29) is 0 Å². The van der Waals surface area contributed by atoms with Crippen LogP contribution < -0.4 is 0 Å². The SMILES string of the molecule is CC[C@@H](C)Cn1c(C=O)nc2ccccc21. The van der Waals surface area contributed by atoms with Crippen molar-refractivity contribution in [2.75, 3.05) is 0 Å². The Morgan fingerprint density at radius 2 is 2.19 bits per heavy atom. The fraction of sp³-hybridized carbons (Fsp3) is 0.385. The van der Waals surface area contributed by atoms with Gasteiger partial charge in [-0.25, -0.2) is 4.98 Å². The largest absolute Gasteiger partial charge is 0.321 e. The minimum atomic E-state index is 0.529. The normalized spacial score (nSPS) is 12.9. The van der Waals surface area contributed by atoms with Crippen LogP contribution in [0, 0.1) is 5.92 Å². The number of hydrogen-bond acceptors (Lipinski definition) is 2. The van der Waals surface area contributed by atoms with Gasteiger partial charge in [-0.15, -0.1) is 0 Å². The van der Waals surface area contributed by atoms with Crippen molar-refractivity contribution in [1.29, 1.82) is 0 Å². The van der Waals surface area contributed by atoms with E-state index in [1.54, 1.807) is 0 Å². The molecule has 1 aromatic heterocycles. The molecule has 0 aliphatic carbocycles. The zero-order valence-corrected chi connectivity index (χ0v) is 9.68. The van der Waals surface area contributed by atoms with Gasteiger partial charge in [0.25, 0.3) is 0 Å². The molecule has 84 valence electrons. The van der Waals surface area contributed by atoms with Crippen LogP contribution in [-0.2, 0) is 6.54 Å². The Hall–Kier alpha value is -1.64. The average molecular weight is 216 g/mol. The van der Waals surface area contributed by atoms with E-state index in [1.165, 1.54) is 0 Å². The number of carbonyl (C=O) groups excluding carboxylic acids is 1. The Balaban J connectivity index is 2.51. The lowest BCUT2D eigenvalue weighted by molar-refractivity contribution is 0.111. The van der Waals surface area contributed by atoms with Gasteiger partial charge in [-0.05, 0) is 18.1 Å². The van der Waals surface area contributed by atoms with E-state index in [4.69, 9.17) is 0 Å². The second-order valence-electron chi connectivity index (χ2n) is 4.20. The molecule has 3 heteroatoms. The summed E-state index contributed by atoms with van der Waals surface area (Å²) in [5, 5.41) is 0. The smallest absolute Gasteiger partial charge is 0.185 e. The summed E-state index contributed by atoms with van der Waals surface area (Å²) in [6, 6.07) is 7.87. The molecule has 2 rings (SSSR count). The summed E-state index contributed by atoms with van der Waals surface area (Å²) in [5.74, 6) is 1.08. The molecule has 16 heavy (non-hydrogen) atoms. The first-order chi connectivity index (χ1) is 7.76. The standard InChI is InChI=1S/C13H16N2O/c1-3-10(2)8-15-12-7-5-4-6-11(12)14-13(15)9-16/h4-7,9-10H,3,8H2,1-2H3/t10-/m1/s1. The van der Waals surface area contributed by atoms with Crippen molar-refractivity contribution >= 4 is 17.3 Å². The number of benzene rings is 1. The fourth-order valence-corrected chi connectivity index (χ4v) is 1.82. The zero-order valence-electron chi connectivity index (χ0n) is 9.68. The van der Waals surface area contributed by atoms with Crippen LogP contribution in [0.4, 0.5) is 0 Å². The van der Waals surface area contributed by atoms with Crippen molar-refractivity contribution in [2.24, 2.45) is 5.92 Å². The van der Waals surface area contributed by atoms with Crippen molar-refractivity contribution in [3.8, 4) is 0 Å². The number of hydrogen-bond donors (Lipinski definition) is 0. The lowest BCUT2D eigenvalue weighted by Gasteiger charge is -2.11. The summed E-state index contributed by atoms with van der Waals surface area (Å²) in [7, 11) is 0. The maximum absolute atomic E-state index is 11.0. The first-order valence-electron chi connectivity index (χ1n) is 5.66. The van der Waals surface area contributed by atoms with E-state index < -0.39 is 0 Å². The highest BCUT2D eigenvalue weighted by molar-refractivity contribution is 5.82. The van der Waals surface area contributed by atoms with Crippen LogP contribution in [-0.4, -0.2) is 15.8 Å². The molecule has 1 aromatic carbocycles. The molecule has 0 fully saturated rings. The summed E-state index contributed by atoms with van der Waals surface area (Å²) >= 11 is 0. The van der Waals surface area contributed by atoms with Gasteiger partial charge in [-0.2, -0.15) is 0 Å². The third kappa shape index (κ3) is 1.85. The average Bonchev–Trinajstić information content (AvgIpc) is 2.67. The molecule has 1 atom stereocenters. The highest BCUT2D eigenvalue weighted by Crippen LogP contribution is 2.17. The van der Waals surface area contributed by atoms with Gasteiger partial charge in [0.15, 0.2) is 12.1 Å². The van der Waals surface area contributed by atoms with E-state index in [9.17, 15) is 4.79 Å². The number of imidazole rings is 1. The molecule has 3 nitrogen and oxygen atoms in total. The summed E-state index contributed by atoms with van der Waals surface area (Å²) in [4.78, 5) is 15.3. The predicted molar refractivity (Wildman–Crippen MR) is 64.6 cm³/mol. The second-order valence-corrected chi connectivity index (χ2v) is 4.20. The van der Waals surface area contributed by atoms with Crippen molar-refractivity contribution < 1.29 is 4.79 Å². The van der Waals surface area contributed by atoms with Crippen LogP contribution in [0.2, 0.25) is 0 Å². The van der Waals surface area contributed by atoms with Crippen LogP contribution in [0.25, 0.3) is 11.0 Å². The highest BCUT2D eigenvalue weighted by Gasteiger charge is 2.11. The Labute approximate surface area is 95.1 Å². The zero-order chi connectivity index (χ0) is 11.5. The number of aldehydes is 1. The molecule has 0 aliphatic heterocycles. The monoisotopic (exact) mass is 216 g/mol. The highest BCUT2D eigenvalue weighted by atomic mass is 16.1. The molecule has 0 N–H and O–H groups in total. The van der Waals surface area contributed by atoms with Gasteiger partial charge in [0.1, 0.15) is 0 Å². The van der Waals surface area contributed by atoms with Gasteiger partial charge in [-0.1, -0.05) is 32.4 Å². The van der Waals surface area contributed by atoms with Gasteiger partial charge >= 0.3 is 0 Å². The van der Waals surface area contributed by atoms with Crippen LogP contribution in [0.1, 0.15) is 30.9 Å². The second kappa shape index (κ2) is 4.47. The van der Waals surface area contributed by atoms with Gasteiger partial charge in [0.2, 0.25) is 0 Å². The first kappa shape index (κ1) is 10.9. The van der Waals surface area contributed by atoms with Crippen molar-refractivity contribution in [2.45, 2.75) is 26.8 Å². The molecule has 0 unspecified atom stereocenters. The minimum Gasteiger partial charge on any atom is -0.321 e. The van der Waals surface area contributed by atoms with E-state index in [0.29, 0.717) is 11.7 Å². The maximum Gasteiger partial charge on any atom is 0.185 e. The number of nitrogens with zero attached hydrogens (tertiary/aromatic N) is 2. The molecule has 0 saturated heterocycles. The summed E-state index contributed by atoms with van der Waals surface area (Å²) in [6.45, 7) is 5.19. The lowest BCUT2D eigenvalue weighted by Crippen LogP contribution is -2.09. The van der Waals surface area contributed by atoms with E-state index in [2.05, 4.69) is 18.8 Å². The van der Waals surface area contributed by atoms with E-state index in [0.717, 1.165) is 30.3 Å². The van der Waals surface area contributed by atoms with Crippen LogP contribution >= 0.6 is 0 Å². The van der Waals surface area contributed by atoms with Crippen molar-refractivity contribution in [1.82, 2.24) is 9.55 Å². The van der Waals surface area contributed by atoms with Gasteiger partial charge in [0, 0.05) is 6.54 Å². The van der Waals surface area contributed by atoms with Crippen molar-refractivity contribution in [3.63, 3.8) is 0 Å². The number of aromatic nitrogens is 2. The molecule has 0 amide bonds. The van der Waals surface area contributed by atoms with Crippen LogP contribution in [0.5, 0.6) is 0 Å². The Morgan fingerprint density at radius 3 is 2.88 bits per heavy atom. The molecule has 2 aromatic rings. The molecule has 0 spiro atoms. The number of fused-ring (bicyclic) bond motifs is 1. The van der Waals surface area contributed by atoms with Crippen molar-refractivity contribution in [3.05, 3.63) is 30.1 Å². The summed E-state index contributed by atoms with van der Waals surface area (Å²) in [5.41, 5.74) is 1.94. The van der Waals surface area contributed by atoms with E-state index in [1.807, 2.05) is 28.8 Å². The molecule has 0 radical (unpaired) electrons. The summed E-state index contributed by atoms with van der Waals surface area (Å²) < 4.78 is 2.01. The molecule has 0 saturated carbocycles. The maximum atomic E-state index is 11.0. The van der Waals surface area contributed by atoms with E-state index >= 15 is 0 Å².